The van der Waals surface area contributed by atoms with E-state index in [9.17, 15) is 19.2 Å². The van der Waals surface area contributed by atoms with Crippen LogP contribution in [0.3, 0.4) is 0 Å². The van der Waals surface area contributed by atoms with Gasteiger partial charge < -0.3 is 34.2 Å². The predicted molar refractivity (Wildman–Crippen MR) is 156 cm³/mol. The topological polar surface area (TPSA) is 150 Å². The van der Waals surface area contributed by atoms with Gasteiger partial charge in [-0.15, -0.1) is 0 Å². The van der Waals surface area contributed by atoms with Crippen molar-refractivity contribution in [1.82, 2.24) is 0 Å². The second kappa shape index (κ2) is 18.3. The highest BCUT2D eigenvalue weighted by molar-refractivity contribution is 5.81. The highest BCUT2D eigenvalue weighted by Gasteiger charge is 2.38. The van der Waals surface area contributed by atoms with Crippen LogP contribution in [0.15, 0.2) is 18.2 Å². The lowest BCUT2D eigenvalue weighted by Crippen LogP contribution is -2.53. The summed E-state index contributed by atoms with van der Waals surface area (Å²) in [5, 5.41) is 0. The van der Waals surface area contributed by atoms with Crippen molar-refractivity contribution < 1.29 is 47.6 Å². The zero-order valence-electron chi connectivity index (χ0n) is 26.4. The van der Waals surface area contributed by atoms with Gasteiger partial charge in [0.25, 0.3) is 0 Å². The Labute approximate surface area is 249 Å². The molecule has 0 fully saturated rings. The van der Waals surface area contributed by atoms with Crippen molar-refractivity contribution in [3.8, 4) is 11.5 Å². The van der Waals surface area contributed by atoms with Gasteiger partial charge in [-0.25, -0.2) is 9.59 Å². The first-order chi connectivity index (χ1) is 19.8. The Hall–Kier alpha value is -3.34. The standard InChI is InChI=1S/C31H49NO10/c1-9-12-21(5)39-29(35)41-25-15-14-24(17-26(25)42-30(36)40-22(6)13-10-2)19-31(32,28(34)37-8)18-23(7)38-27(33)16-20(4)11-3/h14-15,17,20-23H,9-13,16,18-19,32H2,1-8H3/t20?,21?,22?,23-,31?/m0/s1. The minimum absolute atomic E-state index is 0.0292. The first-order valence-electron chi connectivity index (χ1n) is 14.7. The van der Waals surface area contributed by atoms with Crippen LogP contribution in [0.5, 0.6) is 11.5 Å². The highest BCUT2D eigenvalue weighted by Crippen LogP contribution is 2.32. The Bertz CT molecular complexity index is 1030. The maximum Gasteiger partial charge on any atom is 0.514 e. The minimum Gasteiger partial charge on any atom is -0.468 e. The quantitative estimate of drug-likeness (QED) is 0.123. The summed E-state index contributed by atoms with van der Waals surface area (Å²) in [5.41, 5.74) is 5.41. The number of hydrogen-bond donors (Lipinski definition) is 1. The Kier molecular flexibility index (Phi) is 15.9. The largest absolute Gasteiger partial charge is 0.514 e. The van der Waals surface area contributed by atoms with Gasteiger partial charge in [0.2, 0.25) is 0 Å². The van der Waals surface area contributed by atoms with Crippen molar-refractivity contribution >= 4 is 24.2 Å². The van der Waals surface area contributed by atoms with Crippen LogP contribution in [0, 0.1) is 5.92 Å². The Morgan fingerprint density at radius 1 is 0.810 bits per heavy atom. The van der Waals surface area contributed by atoms with E-state index in [-0.39, 0.29) is 48.8 Å². The SMILES string of the molecule is CCCC(C)OC(=O)Oc1ccc(CC(N)(C[C@H](C)OC(=O)CC(C)CC)C(=O)OC)cc1OC(=O)OC(C)CCC. The fourth-order valence-electron chi connectivity index (χ4n) is 4.36. The molecular formula is C31H49NO10. The molecule has 0 saturated carbocycles. The second-order valence-corrected chi connectivity index (χ2v) is 11.0. The Morgan fingerprint density at radius 3 is 1.86 bits per heavy atom. The average Bonchev–Trinajstić information content (AvgIpc) is 2.89. The van der Waals surface area contributed by atoms with E-state index in [2.05, 4.69) is 0 Å². The van der Waals surface area contributed by atoms with E-state index in [4.69, 9.17) is 34.2 Å². The molecule has 1 aromatic rings. The van der Waals surface area contributed by atoms with Gasteiger partial charge in [-0.2, -0.15) is 0 Å². The van der Waals surface area contributed by atoms with Gasteiger partial charge in [-0.05, 0) is 57.2 Å². The summed E-state index contributed by atoms with van der Waals surface area (Å²) in [4.78, 5) is 50.1. The summed E-state index contributed by atoms with van der Waals surface area (Å²) in [5.74, 6) is -1.13. The summed E-state index contributed by atoms with van der Waals surface area (Å²) in [6, 6.07) is 4.40. The molecule has 0 aromatic heterocycles. The molecule has 5 atom stereocenters. The molecule has 42 heavy (non-hydrogen) atoms. The fraction of sp³-hybridized carbons (Fsp3) is 0.677. The van der Waals surface area contributed by atoms with Crippen LogP contribution >= 0.6 is 0 Å². The second-order valence-electron chi connectivity index (χ2n) is 11.0. The van der Waals surface area contributed by atoms with Crippen LogP contribution in [-0.4, -0.2) is 55.2 Å². The third kappa shape index (κ3) is 13.1. The summed E-state index contributed by atoms with van der Waals surface area (Å²) < 4.78 is 31.8. The maximum absolute atomic E-state index is 12.8. The van der Waals surface area contributed by atoms with Gasteiger partial charge in [-0.3, -0.25) is 9.59 Å². The third-order valence-corrected chi connectivity index (χ3v) is 6.69. The molecule has 1 aromatic carbocycles. The Morgan fingerprint density at radius 2 is 1.36 bits per heavy atom. The number of esters is 2. The molecular weight excluding hydrogens is 546 g/mol. The maximum atomic E-state index is 12.8. The van der Waals surface area contributed by atoms with E-state index in [0.717, 1.165) is 19.3 Å². The van der Waals surface area contributed by atoms with E-state index in [1.807, 2.05) is 27.7 Å². The third-order valence-electron chi connectivity index (χ3n) is 6.69. The van der Waals surface area contributed by atoms with Crippen LogP contribution in [0.25, 0.3) is 0 Å². The summed E-state index contributed by atoms with van der Waals surface area (Å²) in [6.07, 6.45) is 0.499. The molecule has 0 amide bonds. The molecule has 11 heteroatoms. The molecule has 0 radical (unpaired) electrons. The van der Waals surface area contributed by atoms with Crippen molar-refractivity contribution in [2.24, 2.45) is 11.7 Å². The van der Waals surface area contributed by atoms with Crippen molar-refractivity contribution in [3.63, 3.8) is 0 Å². The molecule has 0 aliphatic rings. The smallest absolute Gasteiger partial charge is 0.468 e. The molecule has 11 nitrogen and oxygen atoms in total. The zero-order valence-corrected chi connectivity index (χ0v) is 26.4. The number of ether oxygens (including phenoxy) is 6. The molecule has 238 valence electrons. The first kappa shape index (κ1) is 36.7. The van der Waals surface area contributed by atoms with E-state index in [0.29, 0.717) is 18.4 Å². The molecule has 4 unspecified atom stereocenters. The lowest BCUT2D eigenvalue weighted by molar-refractivity contribution is -0.155. The van der Waals surface area contributed by atoms with E-state index >= 15 is 0 Å². The van der Waals surface area contributed by atoms with Gasteiger partial charge in [0, 0.05) is 19.3 Å². The summed E-state index contributed by atoms with van der Waals surface area (Å²) in [7, 11) is 1.22. The summed E-state index contributed by atoms with van der Waals surface area (Å²) >= 11 is 0. The predicted octanol–water partition coefficient (Wildman–Crippen LogP) is 6.27. The van der Waals surface area contributed by atoms with E-state index in [1.165, 1.54) is 19.2 Å². The molecule has 2 N–H and O–H groups in total. The normalized spacial score (nSPS) is 15.3. The van der Waals surface area contributed by atoms with Crippen molar-refractivity contribution in [1.29, 1.82) is 0 Å². The van der Waals surface area contributed by atoms with Crippen LogP contribution in [0.2, 0.25) is 0 Å². The van der Waals surface area contributed by atoms with Gasteiger partial charge in [0.05, 0.1) is 7.11 Å². The molecule has 1 rings (SSSR count). The summed E-state index contributed by atoms with van der Waals surface area (Å²) in [6.45, 7) is 13.0. The number of rotatable bonds is 17. The molecule has 0 spiro atoms. The average molecular weight is 596 g/mol. The lowest BCUT2D eigenvalue weighted by atomic mass is 9.86. The molecule has 0 heterocycles. The fourth-order valence-corrected chi connectivity index (χ4v) is 4.36. The molecule has 0 bridgehead atoms. The highest BCUT2D eigenvalue weighted by atomic mass is 16.7. The van der Waals surface area contributed by atoms with Crippen LogP contribution in [-0.2, 0) is 35.0 Å². The van der Waals surface area contributed by atoms with E-state index < -0.39 is 36.0 Å². The number of hydrogen-bond acceptors (Lipinski definition) is 11. The Balaban J connectivity index is 3.25. The number of nitrogens with two attached hydrogens (primary N) is 1. The van der Waals surface area contributed by atoms with Gasteiger partial charge in [0.1, 0.15) is 23.9 Å². The van der Waals surface area contributed by atoms with Crippen molar-refractivity contribution in [2.75, 3.05) is 7.11 Å². The van der Waals surface area contributed by atoms with E-state index in [1.54, 1.807) is 26.8 Å². The van der Waals surface area contributed by atoms with Crippen molar-refractivity contribution in [2.45, 2.75) is 124 Å². The monoisotopic (exact) mass is 595 g/mol. The number of methoxy groups -OCH3 is 1. The first-order valence-corrected chi connectivity index (χ1v) is 14.7. The number of carbonyl (C=O) groups excluding carboxylic acids is 4. The van der Waals surface area contributed by atoms with Crippen LogP contribution in [0.4, 0.5) is 9.59 Å². The number of carbonyl (C=O) groups is 4. The van der Waals surface area contributed by atoms with Gasteiger partial charge in [-0.1, -0.05) is 53.0 Å². The van der Waals surface area contributed by atoms with Crippen LogP contribution in [0.1, 0.15) is 99.0 Å². The van der Waals surface area contributed by atoms with Gasteiger partial charge in [0.15, 0.2) is 11.5 Å². The zero-order chi connectivity index (χ0) is 31.9. The molecule has 0 aliphatic heterocycles. The van der Waals surface area contributed by atoms with Crippen LogP contribution < -0.4 is 15.2 Å². The minimum atomic E-state index is -1.59. The lowest BCUT2D eigenvalue weighted by Gasteiger charge is -2.29. The molecule has 0 aliphatic carbocycles. The number of benzene rings is 1. The van der Waals surface area contributed by atoms with Crippen molar-refractivity contribution in [3.05, 3.63) is 23.8 Å². The van der Waals surface area contributed by atoms with Gasteiger partial charge >= 0.3 is 24.2 Å². The molecule has 0 saturated heterocycles.